The van der Waals surface area contributed by atoms with Gasteiger partial charge in [0.15, 0.2) is 9.84 Å². The first-order valence-corrected chi connectivity index (χ1v) is 8.88. The Hall–Kier alpha value is -0.630. The van der Waals surface area contributed by atoms with Gasteiger partial charge in [-0.2, -0.15) is 5.10 Å². The van der Waals surface area contributed by atoms with E-state index in [0.717, 1.165) is 6.42 Å². The van der Waals surface area contributed by atoms with Gasteiger partial charge < -0.3 is 0 Å². The molecule has 1 saturated heterocycles. The van der Waals surface area contributed by atoms with Crippen LogP contribution in [-0.4, -0.2) is 29.2 Å². The summed E-state index contributed by atoms with van der Waals surface area (Å²) in [4.78, 5) is 0. The molecule has 2 heterocycles. The van der Waals surface area contributed by atoms with Crippen molar-refractivity contribution in [3.63, 3.8) is 0 Å². The van der Waals surface area contributed by atoms with Gasteiger partial charge in [0, 0.05) is 6.04 Å². The molecule has 2 unspecified atom stereocenters. The molecular formula is C12H21ClN4O2S. The third-order valence-corrected chi connectivity index (χ3v) is 6.33. The molecule has 1 aliphatic rings. The lowest BCUT2D eigenvalue weighted by Crippen LogP contribution is -2.44. The predicted octanol–water partition coefficient (Wildman–Crippen LogP) is 1.59. The molecule has 1 aliphatic heterocycles. The molecule has 0 radical (unpaired) electrons. The number of halogens is 1. The maximum atomic E-state index is 12.3. The minimum absolute atomic E-state index is 0.0830. The fourth-order valence-corrected chi connectivity index (χ4v) is 5.07. The van der Waals surface area contributed by atoms with E-state index in [0.29, 0.717) is 23.6 Å². The summed E-state index contributed by atoms with van der Waals surface area (Å²) in [7, 11) is -3.16. The van der Waals surface area contributed by atoms with E-state index in [1.807, 2.05) is 13.8 Å². The molecule has 0 amide bonds. The number of rotatable bonds is 4. The lowest BCUT2D eigenvalue weighted by Gasteiger charge is -2.30. The third-order valence-electron chi connectivity index (χ3n) is 3.75. The molecule has 20 heavy (non-hydrogen) atoms. The Morgan fingerprint density at radius 1 is 1.50 bits per heavy atom. The number of hydrogen-bond donors (Lipinski definition) is 2. The van der Waals surface area contributed by atoms with Crippen molar-refractivity contribution in [3.8, 4) is 0 Å². The van der Waals surface area contributed by atoms with E-state index >= 15 is 0 Å². The molecule has 1 aromatic heterocycles. The molecule has 0 bridgehead atoms. The molecule has 0 saturated carbocycles. The van der Waals surface area contributed by atoms with Crippen LogP contribution >= 0.6 is 11.6 Å². The number of hydrazine groups is 1. The first-order chi connectivity index (χ1) is 9.38. The van der Waals surface area contributed by atoms with E-state index in [2.05, 4.69) is 10.5 Å². The van der Waals surface area contributed by atoms with Crippen molar-refractivity contribution >= 4 is 21.4 Å². The van der Waals surface area contributed by atoms with Crippen LogP contribution in [0.25, 0.3) is 0 Å². The van der Waals surface area contributed by atoms with Crippen LogP contribution in [0.15, 0.2) is 6.20 Å². The summed E-state index contributed by atoms with van der Waals surface area (Å²) in [5.41, 5.74) is 3.29. The van der Waals surface area contributed by atoms with Crippen molar-refractivity contribution in [2.24, 2.45) is 5.84 Å². The quantitative estimate of drug-likeness (QED) is 0.649. The Morgan fingerprint density at radius 3 is 2.75 bits per heavy atom. The van der Waals surface area contributed by atoms with Crippen molar-refractivity contribution in [1.29, 1.82) is 0 Å². The maximum absolute atomic E-state index is 12.3. The second-order valence-corrected chi connectivity index (χ2v) is 8.21. The SMILES string of the molecule is CC(C)n1ncc(Cl)c1C(NN)C1CCCCS1(=O)=O. The number of nitrogens with zero attached hydrogens (tertiary/aromatic N) is 2. The summed E-state index contributed by atoms with van der Waals surface area (Å²) in [6.45, 7) is 3.94. The monoisotopic (exact) mass is 320 g/mol. The zero-order valence-electron chi connectivity index (χ0n) is 11.7. The summed E-state index contributed by atoms with van der Waals surface area (Å²) in [6.07, 6.45) is 3.73. The second kappa shape index (κ2) is 6.01. The fourth-order valence-electron chi connectivity index (χ4n) is 2.77. The normalized spacial score (nSPS) is 23.9. The minimum atomic E-state index is -3.16. The molecule has 2 rings (SSSR count). The zero-order chi connectivity index (χ0) is 14.9. The van der Waals surface area contributed by atoms with Crippen molar-refractivity contribution in [2.75, 3.05) is 5.75 Å². The molecule has 2 atom stereocenters. The first kappa shape index (κ1) is 15.8. The van der Waals surface area contributed by atoms with Crippen LogP contribution in [0.4, 0.5) is 0 Å². The summed E-state index contributed by atoms with van der Waals surface area (Å²) in [6, 6.07) is -0.447. The number of aromatic nitrogens is 2. The zero-order valence-corrected chi connectivity index (χ0v) is 13.3. The molecule has 3 N–H and O–H groups in total. The van der Waals surface area contributed by atoms with Crippen molar-refractivity contribution in [3.05, 3.63) is 16.9 Å². The Morgan fingerprint density at radius 2 is 2.20 bits per heavy atom. The standard InChI is InChI=1S/C12H21ClN4O2S/c1-8(2)17-12(9(13)7-15-17)11(16-14)10-5-3-4-6-20(10,18)19/h7-8,10-11,16H,3-6,14H2,1-2H3. The molecule has 0 aromatic carbocycles. The van der Waals surface area contributed by atoms with Gasteiger partial charge in [-0.25, -0.2) is 8.42 Å². The van der Waals surface area contributed by atoms with Gasteiger partial charge in [0.25, 0.3) is 0 Å². The van der Waals surface area contributed by atoms with Crippen LogP contribution in [0.1, 0.15) is 50.9 Å². The van der Waals surface area contributed by atoms with Crippen LogP contribution in [0.3, 0.4) is 0 Å². The average Bonchev–Trinajstić information content (AvgIpc) is 2.75. The van der Waals surface area contributed by atoms with Crippen molar-refractivity contribution in [2.45, 2.75) is 50.4 Å². The van der Waals surface area contributed by atoms with E-state index in [1.54, 1.807) is 4.68 Å². The van der Waals surface area contributed by atoms with Crippen LogP contribution in [0.5, 0.6) is 0 Å². The van der Waals surface area contributed by atoms with Crippen molar-refractivity contribution in [1.82, 2.24) is 15.2 Å². The van der Waals surface area contributed by atoms with E-state index in [4.69, 9.17) is 17.4 Å². The summed E-state index contributed by atoms with van der Waals surface area (Å²) in [5, 5.41) is 4.12. The third kappa shape index (κ3) is 2.86. The van der Waals surface area contributed by atoms with Gasteiger partial charge in [-0.15, -0.1) is 0 Å². The van der Waals surface area contributed by atoms with Gasteiger partial charge >= 0.3 is 0 Å². The van der Waals surface area contributed by atoms with Crippen molar-refractivity contribution < 1.29 is 8.42 Å². The van der Waals surface area contributed by atoms with E-state index in [1.165, 1.54) is 6.20 Å². The topological polar surface area (TPSA) is 90.0 Å². The lowest BCUT2D eigenvalue weighted by atomic mass is 10.0. The average molecular weight is 321 g/mol. The van der Waals surface area contributed by atoms with Gasteiger partial charge in [-0.3, -0.25) is 16.0 Å². The van der Waals surface area contributed by atoms with Gasteiger partial charge in [-0.1, -0.05) is 18.0 Å². The first-order valence-electron chi connectivity index (χ1n) is 6.79. The molecular weight excluding hydrogens is 300 g/mol. The van der Waals surface area contributed by atoms with Crippen LogP contribution < -0.4 is 11.3 Å². The Balaban J connectivity index is 2.45. The molecule has 1 aromatic rings. The van der Waals surface area contributed by atoms with Crippen LogP contribution in [0.2, 0.25) is 5.02 Å². The molecule has 6 nitrogen and oxygen atoms in total. The largest absolute Gasteiger partial charge is 0.271 e. The number of hydrogen-bond acceptors (Lipinski definition) is 5. The Bertz CT molecular complexity index is 570. The Kier molecular flexibility index (Phi) is 4.73. The van der Waals surface area contributed by atoms with Crippen LogP contribution in [0, 0.1) is 0 Å². The highest BCUT2D eigenvalue weighted by Crippen LogP contribution is 2.34. The van der Waals surface area contributed by atoms with E-state index in [-0.39, 0.29) is 11.8 Å². The maximum Gasteiger partial charge on any atom is 0.155 e. The van der Waals surface area contributed by atoms with Gasteiger partial charge in [0.1, 0.15) is 0 Å². The molecule has 0 spiro atoms. The summed E-state index contributed by atoms with van der Waals surface area (Å²) in [5.74, 6) is 5.85. The van der Waals surface area contributed by atoms with Gasteiger partial charge in [0.05, 0.1) is 34.0 Å². The van der Waals surface area contributed by atoms with Gasteiger partial charge in [0.2, 0.25) is 0 Å². The summed E-state index contributed by atoms with van der Waals surface area (Å²) < 4.78 is 26.3. The molecule has 0 aliphatic carbocycles. The van der Waals surface area contributed by atoms with E-state index in [9.17, 15) is 8.42 Å². The van der Waals surface area contributed by atoms with Gasteiger partial charge in [-0.05, 0) is 26.7 Å². The fraction of sp³-hybridized carbons (Fsp3) is 0.750. The lowest BCUT2D eigenvalue weighted by molar-refractivity contribution is 0.409. The highest BCUT2D eigenvalue weighted by atomic mass is 35.5. The smallest absolute Gasteiger partial charge is 0.155 e. The van der Waals surface area contributed by atoms with E-state index < -0.39 is 21.1 Å². The second-order valence-electron chi connectivity index (χ2n) is 5.46. The summed E-state index contributed by atoms with van der Waals surface area (Å²) >= 11 is 6.20. The molecule has 114 valence electrons. The highest BCUT2D eigenvalue weighted by molar-refractivity contribution is 7.92. The number of nitrogens with two attached hydrogens (primary N) is 1. The minimum Gasteiger partial charge on any atom is -0.271 e. The number of nitrogens with one attached hydrogen (secondary N) is 1. The Labute approximate surface area is 124 Å². The number of sulfone groups is 1. The highest BCUT2D eigenvalue weighted by Gasteiger charge is 2.38. The molecule has 8 heteroatoms. The predicted molar refractivity (Wildman–Crippen MR) is 79.1 cm³/mol. The van der Waals surface area contributed by atoms with Crippen LogP contribution in [-0.2, 0) is 9.84 Å². The molecule has 1 fully saturated rings.